The fraction of sp³-hybridized carbons (Fsp3) is 0.385. The Bertz CT molecular complexity index is 1240. The Morgan fingerprint density at radius 2 is 1.68 bits per heavy atom. The van der Waals surface area contributed by atoms with Crippen molar-refractivity contribution in [1.82, 2.24) is 14.5 Å². The van der Waals surface area contributed by atoms with E-state index in [1.165, 1.54) is 0 Å². The van der Waals surface area contributed by atoms with Crippen molar-refractivity contribution in [3.63, 3.8) is 0 Å². The molecule has 0 N–H and O–H groups in total. The Morgan fingerprint density at radius 1 is 1.00 bits per heavy atom. The van der Waals surface area contributed by atoms with Crippen molar-refractivity contribution in [1.29, 1.82) is 0 Å². The molecule has 3 aromatic rings. The third-order valence-corrected chi connectivity index (χ3v) is 7.31. The molecule has 34 heavy (non-hydrogen) atoms. The van der Waals surface area contributed by atoms with Gasteiger partial charge in [0.05, 0.1) is 6.33 Å². The number of nitroso groups, excluding NO2 is 1. The molecule has 0 radical (unpaired) electrons. The molecular weight excluding hydrogens is 430 g/mol. The Balaban J connectivity index is 1.27. The van der Waals surface area contributed by atoms with Gasteiger partial charge in [0.1, 0.15) is 11.4 Å². The lowest BCUT2D eigenvalue weighted by Crippen LogP contribution is -2.56. The number of fused-ring (bicyclic) bond motifs is 1. The van der Waals surface area contributed by atoms with Gasteiger partial charge < -0.3 is 19.1 Å². The summed E-state index contributed by atoms with van der Waals surface area (Å²) >= 11 is 0. The van der Waals surface area contributed by atoms with Crippen LogP contribution in [-0.4, -0.2) is 52.1 Å². The summed E-state index contributed by atoms with van der Waals surface area (Å²) in [4.78, 5) is 33.3. The zero-order chi connectivity index (χ0) is 24.0. The molecule has 1 saturated heterocycles. The minimum atomic E-state index is -0.972. The molecule has 1 atom stereocenters. The summed E-state index contributed by atoms with van der Waals surface area (Å²) in [5.74, 6) is 0.728. The molecule has 2 aliphatic rings. The van der Waals surface area contributed by atoms with E-state index in [0.29, 0.717) is 25.2 Å². The summed E-state index contributed by atoms with van der Waals surface area (Å²) in [6.07, 6.45) is 5.92. The predicted octanol–water partition coefficient (Wildman–Crippen LogP) is 4.24. The van der Waals surface area contributed by atoms with Crippen molar-refractivity contribution in [2.45, 2.75) is 39.7 Å². The van der Waals surface area contributed by atoms with Crippen LogP contribution in [0.4, 0.5) is 11.4 Å². The summed E-state index contributed by atoms with van der Waals surface area (Å²) in [7, 11) is 0. The number of piperazine rings is 1. The van der Waals surface area contributed by atoms with Gasteiger partial charge in [0.2, 0.25) is 0 Å². The Morgan fingerprint density at radius 3 is 2.29 bits per heavy atom. The first-order chi connectivity index (χ1) is 16.3. The van der Waals surface area contributed by atoms with Crippen molar-refractivity contribution in [3.8, 4) is 11.4 Å². The minimum Gasteiger partial charge on any atom is -0.477 e. The molecule has 3 heterocycles. The SMILES string of the molecule is Cc1c(C)c2c(c(C)c1N=O)CC(C)(C(=O)N1CCN(c3ccc(-n4ccnc4)cc3)CC1)O2. The number of anilines is 1. The standard InChI is InChI=1S/C26H29N5O3/c1-17-18(2)24-22(19(3)23(17)28-33)15-26(4,34-24)25(32)30-13-11-29(12-14-30)20-5-7-21(8-6-20)31-10-9-27-16-31/h5-10,16H,11-15H2,1-4H3. The monoisotopic (exact) mass is 459 g/mol. The highest BCUT2D eigenvalue weighted by molar-refractivity contribution is 5.88. The van der Waals surface area contributed by atoms with Gasteiger partial charge >= 0.3 is 0 Å². The van der Waals surface area contributed by atoms with Gasteiger partial charge in [-0.3, -0.25) is 4.79 Å². The van der Waals surface area contributed by atoms with Crippen LogP contribution < -0.4 is 9.64 Å². The number of nitrogens with zero attached hydrogens (tertiary/aromatic N) is 5. The van der Waals surface area contributed by atoms with Crippen molar-refractivity contribution in [2.24, 2.45) is 5.18 Å². The number of carbonyl (C=O) groups is 1. The molecule has 2 aliphatic heterocycles. The zero-order valence-corrected chi connectivity index (χ0v) is 20.0. The van der Waals surface area contributed by atoms with Gasteiger partial charge in [-0.2, -0.15) is 0 Å². The van der Waals surface area contributed by atoms with E-state index >= 15 is 0 Å². The maximum Gasteiger partial charge on any atom is 0.266 e. The number of hydrogen-bond donors (Lipinski definition) is 0. The largest absolute Gasteiger partial charge is 0.477 e. The smallest absolute Gasteiger partial charge is 0.266 e. The fourth-order valence-corrected chi connectivity index (χ4v) is 5.12. The molecular formula is C26H29N5O3. The highest BCUT2D eigenvalue weighted by Gasteiger charge is 2.46. The van der Waals surface area contributed by atoms with Crippen LogP contribution in [0, 0.1) is 25.7 Å². The van der Waals surface area contributed by atoms with Crippen LogP contribution in [0.1, 0.15) is 29.2 Å². The van der Waals surface area contributed by atoms with E-state index in [0.717, 1.165) is 52.5 Å². The van der Waals surface area contributed by atoms with E-state index in [-0.39, 0.29) is 5.91 Å². The quantitative estimate of drug-likeness (QED) is 0.545. The Hall–Kier alpha value is -3.68. The normalized spacial score (nSPS) is 19.6. The summed E-state index contributed by atoms with van der Waals surface area (Å²) in [6.45, 7) is 10.3. The number of aromatic nitrogens is 2. The van der Waals surface area contributed by atoms with Crippen molar-refractivity contribution in [3.05, 3.63) is 70.1 Å². The fourth-order valence-electron chi connectivity index (χ4n) is 5.12. The number of imidazole rings is 1. The maximum absolute atomic E-state index is 13.6. The number of ether oxygens (including phenoxy) is 1. The van der Waals surface area contributed by atoms with Gasteiger partial charge in [0.25, 0.3) is 5.91 Å². The molecule has 1 fully saturated rings. The molecule has 2 aromatic carbocycles. The number of rotatable bonds is 4. The van der Waals surface area contributed by atoms with Crippen LogP contribution in [0.5, 0.6) is 5.75 Å². The van der Waals surface area contributed by atoms with Gasteiger partial charge in [-0.1, -0.05) is 0 Å². The summed E-state index contributed by atoms with van der Waals surface area (Å²) in [5, 5.41) is 3.24. The van der Waals surface area contributed by atoms with Crippen molar-refractivity contribution < 1.29 is 9.53 Å². The summed E-state index contributed by atoms with van der Waals surface area (Å²) in [6, 6.07) is 8.37. The number of benzene rings is 2. The number of hydrogen-bond acceptors (Lipinski definition) is 6. The van der Waals surface area contributed by atoms with Crippen LogP contribution in [0.3, 0.4) is 0 Å². The van der Waals surface area contributed by atoms with Crippen LogP contribution in [0.15, 0.2) is 48.2 Å². The molecule has 5 rings (SSSR count). The van der Waals surface area contributed by atoms with Gasteiger partial charge in [-0.05, 0) is 73.8 Å². The van der Waals surface area contributed by atoms with E-state index in [1.807, 2.05) is 43.4 Å². The van der Waals surface area contributed by atoms with E-state index in [2.05, 4.69) is 39.3 Å². The third kappa shape index (κ3) is 3.54. The van der Waals surface area contributed by atoms with Crippen LogP contribution in [0.25, 0.3) is 5.69 Å². The second kappa shape index (κ2) is 8.27. The first-order valence-electron chi connectivity index (χ1n) is 11.6. The summed E-state index contributed by atoms with van der Waals surface area (Å²) < 4.78 is 8.28. The molecule has 1 amide bonds. The van der Waals surface area contributed by atoms with Crippen LogP contribution in [-0.2, 0) is 11.2 Å². The second-order valence-corrected chi connectivity index (χ2v) is 9.40. The molecule has 0 bridgehead atoms. The highest BCUT2D eigenvalue weighted by atomic mass is 16.5. The number of amides is 1. The predicted molar refractivity (Wildman–Crippen MR) is 131 cm³/mol. The number of carbonyl (C=O) groups excluding carboxylic acids is 1. The van der Waals surface area contributed by atoms with Gasteiger partial charge in [-0.15, -0.1) is 4.91 Å². The molecule has 0 saturated carbocycles. The average molecular weight is 460 g/mol. The highest BCUT2D eigenvalue weighted by Crippen LogP contribution is 2.45. The lowest BCUT2D eigenvalue weighted by atomic mass is 9.91. The first-order valence-corrected chi connectivity index (χ1v) is 11.6. The van der Waals surface area contributed by atoms with Crippen LogP contribution in [0.2, 0.25) is 0 Å². The van der Waals surface area contributed by atoms with E-state index in [1.54, 1.807) is 12.5 Å². The molecule has 176 valence electrons. The molecule has 8 heteroatoms. The lowest BCUT2D eigenvalue weighted by Gasteiger charge is -2.39. The maximum atomic E-state index is 13.6. The van der Waals surface area contributed by atoms with Crippen molar-refractivity contribution >= 4 is 17.3 Å². The zero-order valence-electron chi connectivity index (χ0n) is 20.0. The van der Waals surface area contributed by atoms with Gasteiger partial charge in [0.15, 0.2) is 5.60 Å². The van der Waals surface area contributed by atoms with Gasteiger partial charge in [-0.25, -0.2) is 4.98 Å². The molecule has 1 aromatic heterocycles. The average Bonchev–Trinajstić information content (AvgIpc) is 3.52. The Kier molecular flexibility index (Phi) is 5.38. The van der Waals surface area contributed by atoms with E-state index in [9.17, 15) is 9.70 Å². The first kappa shape index (κ1) is 22.1. The summed E-state index contributed by atoms with van der Waals surface area (Å²) in [5.41, 5.74) is 5.13. The molecule has 0 spiro atoms. The van der Waals surface area contributed by atoms with Crippen molar-refractivity contribution in [2.75, 3.05) is 31.1 Å². The Labute approximate surface area is 199 Å². The lowest BCUT2D eigenvalue weighted by molar-refractivity contribution is -0.145. The molecule has 0 aliphatic carbocycles. The van der Waals surface area contributed by atoms with E-state index in [4.69, 9.17) is 4.74 Å². The van der Waals surface area contributed by atoms with E-state index < -0.39 is 5.60 Å². The van der Waals surface area contributed by atoms with Crippen LogP contribution >= 0.6 is 0 Å². The van der Waals surface area contributed by atoms with Gasteiger partial charge in [0, 0.05) is 61.9 Å². The topological polar surface area (TPSA) is 80.0 Å². The third-order valence-electron chi connectivity index (χ3n) is 7.31. The molecule has 8 nitrogen and oxygen atoms in total. The second-order valence-electron chi connectivity index (χ2n) is 9.40. The molecule has 1 unspecified atom stereocenters. The minimum absolute atomic E-state index is 0.00382.